The van der Waals surface area contributed by atoms with Gasteiger partial charge in [0.2, 0.25) is 0 Å². The average Bonchev–Trinajstić information content (AvgIpc) is 3.92. The van der Waals surface area contributed by atoms with Crippen LogP contribution in [0, 0.1) is 0 Å². The molecule has 0 unspecified atom stereocenters. The molecule has 270 valence electrons. The number of anilines is 2. The Morgan fingerprint density at radius 1 is 0.846 bits per heavy atom. The Balaban J connectivity index is 0.855. The molecule has 1 spiro atoms. The van der Waals surface area contributed by atoms with Crippen molar-refractivity contribution in [2.75, 3.05) is 70.2 Å². The second kappa shape index (κ2) is 14.2. The lowest BCUT2D eigenvalue weighted by atomic mass is 9.88. The molecule has 3 aromatic carbocycles. The molecule has 0 bridgehead atoms. The Hall–Kier alpha value is -5.04. The van der Waals surface area contributed by atoms with Crippen LogP contribution in [-0.4, -0.2) is 108 Å². The van der Waals surface area contributed by atoms with Crippen molar-refractivity contribution < 1.29 is 19.1 Å². The third-order valence-electron chi connectivity index (χ3n) is 10.9. The first kappa shape index (κ1) is 34.1. The Bertz CT molecular complexity index is 1940. The van der Waals surface area contributed by atoms with Crippen LogP contribution in [0.5, 0.6) is 0 Å². The maximum atomic E-state index is 13.4. The summed E-state index contributed by atoms with van der Waals surface area (Å²) in [5.74, 6) is -0.00830. The molecule has 52 heavy (non-hydrogen) atoms. The van der Waals surface area contributed by atoms with Gasteiger partial charge in [-0.3, -0.25) is 24.2 Å². The van der Waals surface area contributed by atoms with Gasteiger partial charge in [0, 0.05) is 95.0 Å². The van der Waals surface area contributed by atoms with E-state index in [1.54, 1.807) is 19.0 Å². The summed E-state index contributed by atoms with van der Waals surface area (Å²) in [4.78, 5) is 52.4. The molecule has 0 radical (unpaired) electrons. The van der Waals surface area contributed by atoms with Crippen LogP contribution < -0.4 is 15.5 Å². The van der Waals surface area contributed by atoms with E-state index in [0.29, 0.717) is 55.5 Å². The van der Waals surface area contributed by atoms with Gasteiger partial charge >= 0.3 is 0 Å². The minimum atomic E-state index is -0.353. The molecule has 4 heterocycles. The molecule has 3 amide bonds. The van der Waals surface area contributed by atoms with Gasteiger partial charge in [-0.1, -0.05) is 30.3 Å². The summed E-state index contributed by atoms with van der Waals surface area (Å²) < 4.78 is 7.75. The van der Waals surface area contributed by atoms with Gasteiger partial charge in [-0.25, -0.2) is 4.98 Å². The van der Waals surface area contributed by atoms with Crippen molar-refractivity contribution in [2.45, 2.75) is 44.1 Å². The number of carbonyl (C=O) groups is 3. The quantitative estimate of drug-likeness (QED) is 0.257. The van der Waals surface area contributed by atoms with Gasteiger partial charge in [0.25, 0.3) is 17.7 Å². The van der Waals surface area contributed by atoms with E-state index in [9.17, 15) is 14.4 Å². The molecule has 3 fully saturated rings. The minimum absolute atomic E-state index is 0.0194. The Labute approximate surface area is 304 Å². The molecular weight excluding hydrogens is 656 g/mol. The van der Waals surface area contributed by atoms with Crippen LogP contribution in [0.25, 0.3) is 0 Å². The molecule has 8 rings (SSSR count). The monoisotopic (exact) mass is 702 g/mol. The fourth-order valence-corrected chi connectivity index (χ4v) is 7.64. The number of fused-ring (bicyclic) bond motifs is 2. The van der Waals surface area contributed by atoms with Crippen molar-refractivity contribution in [1.82, 2.24) is 29.6 Å². The number of imidazole rings is 1. The smallest absolute Gasteiger partial charge is 0.287 e. The largest absolute Gasteiger partial charge is 0.377 e. The number of ether oxygens (including phenoxy) is 1. The number of aromatic nitrogens is 2. The highest BCUT2D eigenvalue weighted by atomic mass is 16.5. The minimum Gasteiger partial charge on any atom is -0.377 e. The third kappa shape index (κ3) is 6.81. The maximum absolute atomic E-state index is 13.4. The van der Waals surface area contributed by atoms with Crippen LogP contribution in [0.2, 0.25) is 0 Å². The molecule has 2 N–H and O–H groups in total. The van der Waals surface area contributed by atoms with Gasteiger partial charge in [-0.15, -0.1) is 0 Å². The van der Waals surface area contributed by atoms with E-state index in [-0.39, 0.29) is 23.3 Å². The number of hydrogen-bond acceptors (Lipinski definition) is 8. The fourth-order valence-electron chi connectivity index (χ4n) is 7.64. The summed E-state index contributed by atoms with van der Waals surface area (Å²) in [5.41, 5.74) is 5.73. The first-order chi connectivity index (χ1) is 25.3. The molecule has 1 aromatic heterocycles. The summed E-state index contributed by atoms with van der Waals surface area (Å²) in [7, 11) is 3.50. The number of hydrogen-bond donors (Lipinski definition) is 2. The molecule has 12 heteroatoms. The summed E-state index contributed by atoms with van der Waals surface area (Å²) in [6, 6.07) is 24.0. The normalized spacial score (nSPS) is 18.4. The Morgan fingerprint density at radius 2 is 1.58 bits per heavy atom. The SMILES string of the molecule is CN(C)C(=O)c1ccc(CN2CCn3c(cnc3C(=O)NCc3ccc(NC(=O)c4cccc(N5CCN(C6CC6)CC5)c4)cc3)C23COC3)cc1. The zero-order valence-corrected chi connectivity index (χ0v) is 29.9. The molecule has 2 saturated heterocycles. The molecular formula is C40H46N8O4. The maximum Gasteiger partial charge on any atom is 0.287 e. The van der Waals surface area contributed by atoms with Gasteiger partial charge in [0.05, 0.1) is 25.1 Å². The third-order valence-corrected chi connectivity index (χ3v) is 10.9. The number of nitrogens with zero attached hydrogens (tertiary/aromatic N) is 6. The first-order valence-electron chi connectivity index (χ1n) is 18.2. The highest BCUT2D eigenvalue weighted by Gasteiger charge is 2.50. The highest BCUT2D eigenvalue weighted by molar-refractivity contribution is 6.04. The first-order valence-corrected chi connectivity index (χ1v) is 18.2. The molecule has 1 saturated carbocycles. The number of benzene rings is 3. The van der Waals surface area contributed by atoms with Crippen LogP contribution in [0.15, 0.2) is 79.0 Å². The Morgan fingerprint density at radius 3 is 2.25 bits per heavy atom. The van der Waals surface area contributed by atoms with Gasteiger partial charge in [-0.2, -0.15) is 0 Å². The van der Waals surface area contributed by atoms with Gasteiger partial charge in [-0.05, 0) is 66.4 Å². The van der Waals surface area contributed by atoms with Gasteiger partial charge < -0.3 is 29.7 Å². The lowest BCUT2D eigenvalue weighted by molar-refractivity contribution is -0.162. The average molecular weight is 703 g/mol. The molecule has 12 nitrogen and oxygen atoms in total. The summed E-state index contributed by atoms with van der Waals surface area (Å²) >= 11 is 0. The predicted molar refractivity (Wildman–Crippen MR) is 198 cm³/mol. The molecule has 4 aliphatic rings. The van der Waals surface area contributed by atoms with Crippen molar-refractivity contribution in [3.05, 3.63) is 113 Å². The fraction of sp³-hybridized carbons (Fsp3) is 0.400. The summed E-state index contributed by atoms with van der Waals surface area (Å²) in [5, 5.41) is 6.05. The lowest BCUT2D eigenvalue weighted by Crippen LogP contribution is -2.63. The van der Waals surface area contributed by atoms with E-state index in [4.69, 9.17) is 4.74 Å². The van der Waals surface area contributed by atoms with Crippen LogP contribution in [0.3, 0.4) is 0 Å². The summed E-state index contributed by atoms with van der Waals surface area (Å²) in [6.07, 6.45) is 4.47. The molecule has 0 atom stereocenters. The van der Waals surface area contributed by atoms with E-state index in [1.165, 1.54) is 12.8 Å². The molecule has 1 aliphatic carbocycles. The molecule has 4 aromatic rings. The van der Waals surface area contributed by atoms with Gasteiger partial charge in [0.15, 0.2) is 5.82 Å². The van der Waals surface area contributed by atoms with Crippen LogP contribution in [0.1, 0.15) is 61.0 Å². The standard InChI is InChI=1S/C40H46N8O4/c1-44(2)39(51)30-10-6-29(7-11-30)25-47-20-21-48-35(40(47)26-52-27-40)24-41-36(48)38(50)42-23-28-8-12-32(13-9-28)43-37(49)31-4-3-5-34(22-31)46-18-16-45(17-19-46)33-14-15-33/h3-13,22,24,33H,14-21,23,25-27H2,1-2H3,(H,42,50)(H,43,49). The number of piperazine rings is 1. The van der Waals surface area contributed by atoms with Crippen LogP contribution in [-0.2, 0) is 29.9 Å². The van der Waals surface area contributed by atoms with Crippen LogP contribution in [0.4, 0.5) is 11.4 Å². The number of rotatable bonds is 10. The lowest BCUT2D eigenvalue weighted by Gasteiger charge is -2.52. The van der Waals surface area contributed by atoms with Crippen molar-refractivity contribution in [2.24, 2.45) is 0 Å². The zero-order valence-electron chi connectivity index (χ0n) is 29.9. The summed E-state index contributed by atoms with van der Waals surface area (Å²) in [6.45, 7) is 7.58. The predicted octanol–water partition coefficient (Wildman–Crippen LogP) is 3.79. The number of carbonyl (C=O) groups excluding carboxylic acids is 3. The van der Waals surface area contributed by atoms with Crippen molar-refractivity contribution in [3.8, 4) is 0 Å². The van der Waals surface area contributed by atoms with Gasteiger partial charge in [0.1, 0.15) is 5.54 Å². The topological polar surface area (TPSA) is 115 Å². The van der Waals surface area contributed by atoms with Crippen LogP contribution >= 0.6 is 0 Å². The van der Waals surface area contributed by atoms with E-state index in [2.05, 4.69) is 36.4 Å². The second-order valence-corrected chi connectivity index (χ2v) is 14.6. The van der Waals surface area contributed by atoms with E-state index < -0.39 is 0 Å². The van der Waals surface area contributed by atoms with E-state index in [1.807, 2.05) is 77.5 Å². The Kier molecular flexibility index (Phi) is 9.29. The van der Waals surface area contributed by atoms with Crippen molar-refractivity contribution in [3.63, 3.8) is 0 Å². The number of nitrogens with one attached hydrogen (secondary N) is 2. The zero-order chi connectivity index (χ0) is 35.8. The van der Waals surface area contributed by atoms with Crippen molar-refractivity contribution in [1.29, 1.82) is 0 Å². The second-order valence-electron chi connectivity index (χ2n) is 14.6. The number of amides is 3. The molecule has 3 aliphatic heterocycles. The highest BCUT2D eigenvalue weighted by Crippen LogP contribution is 2.40. The van der Waals surface area contributed by atoms with Crippen molar-refractivity contribution >= 4 is 29.1 Å². The van der Waals surface area contributed by atoms with E-state index >= 15 is 0 Å². The van der Waals surface area contributed by atoms with E-state index in [0.717, 1.165) is 61.3 Å².